The Morgan fingerprint density at radius 1 is 1.06 bits per heavy atom. The van der Waals surface area contributed by atoms with Gasteiger partial charge in [-0.2, -0.15) is 0 Å². The van der Waals surface area contributed by atoms with Crippen LogP contribution in [0, 0.1) is 0 Å². The molecule has 8 heteroatoms. The first-order chi connectivity index (χ1) is 15.7. The first kappa shape index (κ1) is 23.2. The highest BCUT2D eigenvalue weighted by Crippen LogP contribution is 2.25. The van der Waals surface area contributed by atoms with Crippen LogP contribution in [0.25, 0.3) is 17.0 Å². The first-order valence-electron chi connectivity index (χ1n) is 11.0. The zero-order chi connectivity index (χ0) is 23.6. The Hall–Kier alpha value is -3.00. The van der Waals surface area contributed by atoms with Gasteiger partial charge < -0.3 is 15.7 Å². The molecule has 3 aromatic heterocycles. The molecule has 7 nitrogen and oxygen atoms in total. The van der Waals surface area contributed by atoms with Gasteiger partial charge in [-0.15, -0.1) is 0 Å². The number of benzene rings is 1. The number of hydrogen-bond acceptors (Lipinski definition) is 6. The zero-order valence-electron chi connectivity index (χ0n) is 19.2. The van der Waals surface area contributed by atoms with Crippen LogP contribution in [0.1, 0.15) is 51.0 Å². The van der Waals surface area contributed by atoms with Gasteiger partial charge in [0.05, 0.1) is 34.8 Å². The number of imidazole rings is 1. The van der Waals surface area contributed by atoms with Gasteiger partial charge in [-0.05, 0) is 57.0 Å². The molecule has 0 saturated carbocycles. The van der Waals surface area contributed by atoms with Crippen LogP contribution in [-0.2, 0) is 0 Å². The minimum absolute atomic E-state index is 0.0178. The number of fused-ring (bicyclic) bond motifs is 1. The molecule has 0 bridgehead atoms. The number of pyridine rings is 1. The van der Waals surface area contributed by atoms with Crippen molar-refractivity contribution in [3.63, 3.8) is 0 Å². The minimum Gasteiger partial charge on any atom is -0.387 e. The molecule has 0 radical (unpaired) electrons. The smallest absolute Gasteiger partial charge is 0.223 e. The molecule has 4 rings (SSSR count). The fraction of sp³-hybridized carbons (Fsp3) is 0.320. The van der Waals surface area contributed by atoms with E-state index in [1.165, 1.54) is 0 Å². The summed E-state index contributed by atoms with van der Waals surface area (Å²) >= 11 is 6.25. The lowest BCUT2D eigenvalue weighted by Crippen LogP contribution is -2.38. The van der Waals surface area contributed by atoms with Crippen LogP contribution in [0.15, 0.2) is 61.1 Å². The minimum atomic E-state index is -0.555. The number of nitrogens with one attached hydrogen (secondary N) is 2. The highest BCUT2D eigenvalue weighted by atomic mass is 35.5. The summed E-state index contributed by atoms with van der Waals surface area (Å²) in [5, 5.41) is 17.7. The van der Waals surface area contributed by atoms with Gasteiger partial charge in [0, 0.05) is 24.5 Å². The van der Waals surface area contributed by atoms with Crippen molar-refractivity contribution in [3.05, 3.63) is 77.2 Å². The second-order valence-corrected chi connectivity index (χ2v) is 9.55. The number of aliphatic hydroxyl groups excluding tert-OH is 1. The Morgan fingerprint density at radius 3 is 2.52 bits per heavy atom. The molecule has 33 heavy (non-hydrogen) atoms. The van der Waals surface area contributed by atoms with E-state index in [9.17, 15) is 5.11 Å². The highest BCUT2D eigenvalue weighted by molar-refractivity contribution is 6.33. The van der Waals surface area contributed by atoms with Crippen molar-refractivity contribution in [2.45, 2.75) is 45.4 Å². The number of anilines is 1. The molecule has 0 amide bonds. The normalized spacial score (nSPS) is 13.8. The highest BCUT2D eigenvalue weighted by Gasteiger charge is 2.15. The Labute approximate surface area is 198 Å². The van der Waals surface area contributed by atoms with Crippen molar-refractivity contribution in [2.75, 3.05) is 11.9 Å². The van der Waals surface area contributed by atoms with Crippen LogP contribution in [0.3, 0.4) is 0 Å². The average molecular weight is 465 g/mol. The topological polar surface area (TPSA) is 87.4 Å². The van der Waals surface area contributed by atoms with Gasteiger partial charge in [-0.3, -0.25) is 4.40 Å². The van der Waals surface area contributed by atoms with Gasteiger partial charge in [0.15, 0.2) is 5.65 Å². The Balaban J connectivity index is 1.47. The van der Waals surface area contributed by atoms with E-state index in [0.29, 0.717) is 23.2 Å². The number of aromatic nitrogens is 4. The van der Waals surface area contributed by atoms with Gasteiger partial charge in [-0.1, -0.05) is 35.9 Å². The molecule has 3 heterocycles. The quantitative estimate of drug-likeness (QED) is 0.355. The summed E-state index contributed by atoms with van der Waals surface area (Å²) in [7, 11) is 0. The Kier molecular flexibility index (Phi) is 6.65. The second-order valence-electron chi connectivity index (χ2n) is 9.14. The molecular formula is C25H29ClN6O. The average Bonchev–Trinajstić information content (AvgIpc) is 3.23. The van der Waals surface area contributed by atoms with Crippen molar-refractivity contribution in [1.29, 1.82) is 0 Å². The van der Waals surface area contributed by atoms with Gasteiger partial charge in [-0.25, -0.2) is 15.0 Å². The summed E-state index contributed by atoms with van der Waals surface area (Å²) in [5.41, 5.74) is 4.20. The van der Waals surface area contributed by atoms with E-state index in [-0.39, 0.29) is 11.6 Å². The summed E-state index contributed by atoms with van der Waals surface area (Å²) < 4.78 is 1.91. The third kappa shape index (κ3) is 5.50. The first-order valence-corrected chi connectivity index (χ1v) is 11.3. The van der Waals surface area contributed by atoms with E-state index in [4.69, 9.17) is 11.6 Å². The molecule has 0 unspecified atom stereocenters. The zero-order valence-corrected chi connectivity index (χ0v) is 20.0. The Bertz CT molecular complexity index is 1230. The molecule has 2 atom stereocenters. The summed E-state index contributed by atoms with van der Waals surface area (Å²) in [6.45, 7) is 8.80. The van der Waals surface area contributed by atoms with E-state index in [1.54, 1.807) is 12.4 Å². The third-order valence-electron chi connectivity index (χ3n) is 5.40. The van der Waals surface area contributed by atoms with Crippen molar-refractivity contribution in [1.82, 2.24) is 24.7 Å². The van der Waals surface area contributed by atoms with Crippen LogP contribution < -0.4 is 10.6 Å². The number of hydrogen-bond donors (Lipinski definition) is 3. The summed E-state index contributed by atoms with van der Waals surface area (Å²) in [4.78, 5) is 13.5. The molecular weight excluding hydrogens is 436 g/mol. The molecule has 3 N–H and O–H groups in total. The fourth-order valence-electron chi connectivity index (χ4n) is 3.54. The molecule has 4 aromatic rings. The third-order valence-corrected chi connectivity index (χ3v) is 5.69. The maximum Gasteiger partial charge on any atom is 0.223 e. The van der Waals surface area contributed by atoms with Crippen LogP contribution in [-0.4, -0.2) is 36.5 Å². The predicted molar refractivity (Wildman–Crippen MR) is 132 cm³/mol. The maximum atomic E-state index is 10.4. The van der Waals surface area contributed by atoms with Crippen molar-refractivity contribution in [2.24, 2.45) is 0 Å². The number of halogens is 1. The second kappa shape index (κ2) is 9.47. The number of nitrogens with zero attached hydrogens (tertiary/aromatic N) is 4. The van der Waals surface area contributed by atoms with Gasteiger partial charge in [0.1, 0.15) is 0 Å². The lowest BCUT2D eigenvalue weighted by atomic mass is 10.0. The molecule has 0 spiro atoms. The van der Waals surface area contributed by atoms with Crippen molar-refractivity contribution < 1.29 is 5.11 Å². The van der Waals surface area contributed by atoms with E-state index >= 15 is 0 Å². The van der Waals surface area contributed by atoms with Crippen molar-refractivity contribution in [3.8, 4) is 11.4 Å². The summed E-state index contributed by atoms with van der Waals surface area (Å²) in [6.07, 6.45) is 4.84. The van der Waals surface area contributed by atoms with E-state index in [1.807, 2.05) is 53.1 Å². The van der Waals surface area contributed by atoms with Crippen LogP contribution >= 0.6 is 11.6 Å². The monoisotopic (exact) mass is 464 g/mol. The molecule has 0 aliphatic heterocycles. The van der Waals surface area contributed by atoms with E-state index in [0.717, 1.165) is 22.5 Å². The summed E-state index contributed by atoms with van der Waals surface area (Å²) in [5.74, 6) is 0.524. The lowest BCUT2D eigenvalue weighted by molar-refractivity contribution is 0.163. The number of β-amino-alcohol motifs (C(OH)–C–C–N with tert-alkyl or cyclic N) is 1. The molecule has 0 saturated heterocycles. The van der Waals surface area contributed by atoms with Crippen molar-refractivity contribution >= 4 is 23.2 Å². The lowest BCUT2D eigenvalue weighted by Gasteiger charge is -2.23. The predicted octanol–water partition coefficient (Wildman–Crippen LogP) is 5.04. The standard InChI is InChI=1S/C25H29ClN6O/c1-16(17-7-9-18(10-8-17)22(33)15-29-25(2,3)4)30-24-27-12-11-20(31-24)21-14-28-23-19(26)6-5-13-32(21)23/h5-14,16,22,29,33H,15H2,1-4H3,(H,27,30,31)/t16-,22+/m0/s1. The fourth-order valence-corrected chi connectivity index (χ4v) is 3.75. The molecule has 0 aliphatic rings. The molecule has 0 fully saturated rings. The van der Waals surface area contributed by atoms with E-state index < -0.39 is 6.10 Å². The van der Waals surface area contributed by atoms with Gasteiger partial charge >= 0.3 is 0 Å². The van der Waals surface area contributed by atoms with Crippen LogP contribution in [0.2, 0.25) is 5.02 Å². The number of rotatable bonds is 7. The SMILES string of the molecule is C[C@H](Nc1nccc(-c2cnc3c(Cl)cccn23)n1)c1ccc([C@H](O)CNC(C)(C)C)cc1. The molecule has 172 valence electrons. The number of aliphatic hydroxyl groups is 1. The molecule has 1 aromatic carbocycles. The summed E-state index contributed by atoms with van der Waals surface area (Å²) in [6, 6.07) is 13.5. The maximum absolute atomic E-state index is 10.4. The van der Waals surface area contributed by atoms with Crippen LogP contribution in [0.4, 0.5) is 5.95 Å². The Morgan fingerprint density at radius 2 is 1.79 bits per heavy atom. The van der Waals surface area contributed by atoms with Crippen LogP contribution in [0.5, 0.6) is 0 Å². The van der Waals surface area contributed by atoms with E-state index in [2.05, 4.69) is 53.3 Å². The van der Waals surface area contributed by atoms with Gasteiger partial charge in [0.2, 0.25) is 5.95 Å². The van der Waals surface area contributed by atoms with Gasteiger partial charge in [0.25, 0.3) is 0 Å². The largest absolute Gasteiger partial charge is 0.387 e. The molecule has 0 aliphatic carbocycles.